The second-order valence-electron chi connectivity index (χ2n) is 9.32. The van der Waals surface area contributed by atoms with Crippen LogP contribution in [0.5, 0.6) is 5.75 Å². The highest BCUT2D eigenvalue weighted by Gasteiger charge is 2.55. The van der Waals surface area contributed by atoms with Crippen molar-refractivity contribution in [2.45, 2.75) is 68.7 Å². The minimum Gasteiger partial charge on any atom is -0.482 e. The molecule has 2 amide bonds. The normalized spacial score (nSPS) is 36.0. The average Bonchev–Trinajstić information content (AvgIpc) is 3.01. The second-order valence-corrected chi connectivity index (χ2v) is 9.73. The van der Waals surface area contributed by atoms with Gasteiger partial charge in [-0.1, -0.05) is 23.7 Å². The van der Waals surface area contributed by atoms with Crippen LogP contribution in [0.15, 0.2) is 18.2 Å². The second kappa shape index (κ2) is 8.26. The zero-order chi connectivity index (χ0) is 21.6. The lowest BCUT2D eigenvalue weighted by molar-refractivity contribution is -0.145. The monoisotopic (exact) mass is 448 g/mol. The number of hydrogen-bond acceptors (Lipinski definition) is 5. The summed E-state index contributed by atoms with van der Waals surface area (Å²) in [7, 11) is 0. The smallest absolute Gasteiger partial charge is 0.261 e. The van der Waals surface area contributed by atoms with Crippen molar-refractivity contribution in [3.05, 3.63) is 28.8 Å². The van der Waals surface area contributed by atoms with Crippen LogP contribution < -0.4 is 10.1 Å². The first kappa shape index (κ1) is 21.0. The molecule has 1 N–H and O–H groups in total. The summed E-state index contributed by atoms with van der Waals surface area (Å²) in [5.74, 6) is 0.692. The first-order chi connectivity index (χ1) is 15.0. The van der Waals surface area contributed by atoms with E-state index in [4.69, 9.17) is 25.8 Å². The predicted octanol–water partition coefficient (Wildman–Crippen LogP) is 2.65. The molecule has 31 heavy (non-hydrogen) atoms. The number of morpholine rings is 1. The van der Waals surface area contributed by atoms with E-state index in [1.54, 1.807) is 0 Å². The largest absolute Gasteiger partial charge is 0.482 e. The molecule has 5 aliphatic rings. The Morgan fingerprint density at radius 2 is 1.97 bits per heavy atom. The number of fused-ring (bicyclic) bond motifs is 5. The Hall–Kier alpha value is -1.83. The number of nitrogens with zero attached hydrogens (tertiary/aromatic N) is 1. The van der Waals surface area contributed by atoms with Crippen molar-refractivity contribution in [1.82, 2.24) is 10.2 Å². The molecule has 0 unspecified atom stereocenters. The summed E-state index contributed by atoms with van der Waals surface area (Å²) in [6, 6.07) is 5.44. The topological polar surface area (TPSA) is 77.1 Å². The van der Waals surface area contributed by atoms with Gasteiger partial charge in [-0.15, -0.1) is 0 Å². The van der Waals surface area contributed by atoms with E-state index in [0.29, 0.717) is 36.3 Å². The van der Waals surface area contributed by atoms with E-state index in [9.17, 15) is 9.59 Å². The van der Waals surface area contributed by atoms with Gasteiger partial charge in [0.05, 0.1) is 35.9 Å². The fourth-order valence-corrected chi connectivity index (χ4v) is 6.17. The van der Waals surface area contributed by atoms with Crippen LogP contribution >= 0.6 is 11.6 Å². The van der Waals surface area contributed by atoms with Crippen molar-refractivity contribution in [1.29, 1.82) is 0 Å². The van der Waals surface area contributed by atoms with Crippen LogP contribution in [0.2, 0.25) is 5.02 Å². The quantitative estimate of drug-likeness (QED) is 0.660. The van der Waals surface area contributed by atoms with Crippen molar-refractivity contribution < 1.29 is 23.8 Å². The van der Waals surface area contributed by atoms with Crippen LogP contribution in [0.25, 0.3) is 0 Å². The molecule has 1 saturated carbocycles. The number of hydrogen-bond donors (Lipinski definition) is 1. The van der Waals surface area contributed by atoms with Gasteiger partial charge >= 0.3 is 0 Å². The van der Waals surface area contributed by atoms with E-state index >= 15 is 0 Å². The molecule has 4 heterocycles. The van der Waals surface area contributed by atoms with Crippen molar-refractivity contribution in [2.75, 3.05) is 26.4 Å². The number of amides is 2. The lowest BCUT2D eigenvalue weighted by Crippen LogP contribution is -2.65. The van der Waals surface area contributed by atoms with Crippen LogP contribution in [-0.4, -0.2) is 66.9 Å². The van der Waals surface area contributed by atoms with Crippen molar-refractivity contribution in [2.24, 2.45) is 0 Å². The number of halogens is 1. The molecule has 3 fully saturated rings. The zero-order valence-corrected chi connectivity index (χ0v) is 18.5. The molecule has 1 spiro atoms. The summed E-state index contributed by atoms with van der Waals surface area (Å²) in [4.78, 5) is 27.4. The van der Waals surface area contributed by atoms with Gasteiger partial charge in [0.1, 0.15) is 12.4 Å². The molecule has 2 saturated heterocycles. The van der Waals surface area contributed by atoms with Gasteiger partial charge < -0.3 is 24.4 Å². The Bertz CT molecular complexity index is 872. The molecule has 168 valence electrons. The first-order valence-electron chi connectivity index (χ1n) is 11.2. The standard InChI is InChI=1S/C23H29ClN2O5/c1-14-9-23(13-29-11-20(27)25-23)19-10-30-16-7-5-15(6-8-16)17-3-2-4-18(24)22(17)31-12-21(28)26(14)19/h2-4,14-16,19H,5-13H2,1H3,(H,25,27)/t14-,15?,16?,19+,23-/m1/s1. The highest BCUT2D eigenvalue weighted by molar-refractivity contribution is 6.32. The SMILES string of the molecule is C[C@@H]1C[C@@]2(COCC(=O)N2)[C@@H]2COC3CCC(CC3)c3cccc(Cl)c3OCC(=O)N12. The van der Waals surface area contributed by atoms with Crippen LogP contribution in [-0.2, 0) is 19.1 Å². The Labute approximate surface area is 187 Å². The van der Waals surface area contributed by atoms with Crippen LogP contribution in [0, 0.1) is 0 Å². The van der Waals surface area contributed by atoms with E-state index in [0.717, 1.165) is 31.2 Å². The van der Waals surface area contributed by atoms with Crippen molar-refractivity contribution in [3.8, 4) is 5.75 Å². The Balaban J connectivity index is 1.49. The molecule has 1 aromatic carbocycles. The fourth-order valence-electron chi connectivity index (χ4n) is 5.93. The maximum atomic E-state index is 13.4. The molecular weight excluding hydrogens is 420 g/mol. The van der Waals surface area contributed by atoms with Gasteiger partial charge in [-0.05, 0) is 56.6 Å². The maximum absolute atomic E-state index is 13.4. The van der Waals surface area contributed by atoms with Gasteiger partial charge in [0.15, 0.2) is 6.61 Å². The molecule has 1 aliphatic carbocycles. The van der Waals surface area contributed by atoms with E-state index < -0.39 is 5.54 Å². The summed E-state index contributed by atoms with van der Waals surface area (Å²) in [6.45, 7) is 2.72. The minimum atomic E-state index is -0.628. The zero-order valence-electron chi connectivity index (χ0n) is 17.8. The third kappa shape index (κ3) is 3.81. The number of ether oxygens (including phenoxy) is 3. The highest BCUT2D eigenvalue weighted by Crippen LogP contribution is 2.43. The Morgan fingerprint density at radius 1 is 1.16 bits per heavy atom. The number of carbonyl (C=O) groups is 2. The van der Waals surface area contributed by atoms with Gasteiger partial charge in [0, 0.05) is 6.04 Å². The molecular formula is C23H29ClN2O5. The van der Waals surface area contributed by atoms with Crippen molar-refractivity contribution in [3.63, 3.8) is 0 Å². The number of nitrogens with one attached hydrogen (secondary N) is 1. The molecule has 8 heteroatoms. The number of carbonyl (C=O) groups excluding carboxylic acids is 2. The van der Waals surface area contributed by atoms with Gasteiger partial charge in [-0.25, -0.2) is 0 Å². The molecule has 4 aliphatic heterocycles. The van der Waals surface area contributed by atoms with Gasteiger partial charge in [0.25, 0.3) is 5.91 Å². The van der Waals surface area contributed by atoms with E-state index in [1.165, 1.54) is 0 Å². The molecule has 0 aromatic heterocycles. The number of para-hydroxylation sites is 1. The van der Waals surface area contributed by atoms with Crippen LogP contribution in [0.3, 0.4) is 0 Å². The summed E-state index contributed by atoms with van der Waals surface area (Å²) in [5.41, 5.74) is 0.450. The fraction of sp³-hybridized carbons (Fsp3) is 0.652. The summed E-state index contributed by atoms with van der Waals surface area (Å²) in [6.07, 6.45) is 4.65. The van der Waals surface area contributed by atoms with Crippen LogP contribution in [0.4, 0.5) is 0 Å². The van der Waals surface area contributed by atoms with Gasteiger partial charge in [-0.2, -0.15) is 0 Å². The van der Waals surface area contributed by atoms with Gasteiger partial charge in [-0.3, -0.25) is 9.59 Å². The molecule has 7 nitrogen and oxygen atoms in total. The third-order valence-electron chi connectivity index (χ3n) is 7.32. The van der Waals surface area contributed by atoms with Gasteiger partial charge in [0.2, 0.25) is 5.91 Å². The average molecular weight is 449 g/mol. The maximum Gasteiger partial charge on any atom is 0.261 e. The lowest BCUT2D eigenvalue weighted by atomic mass is 9.82. The summed E-state index contributed by atoms with van der Waals surface area (Å²) >= 11 is 6.48. The number of benzene rings is 1. The molecule has 1 aromatic rings. The van der Waals surface area contributed by atoms with E-state index in [1.807, 2.05) is 24.0 Å². The molecule has 6 rings (SSSR count). The van der Waals surface area contributed by atoms with Crippen molar-refractivity contribution >= 4 is 23.4 Å². The van der Waals surface area contributed by atoms with Crippen LogP contribution in [0.1, 0.15) is 50.5 Å². The molecule has 0 radical (unpaired) electrons. The third-order valence-corrected chi connectivity index (χ3v) is 7.62. The Morgan fingerprint density at radius 3 is 2.74 bits per heavy atom. The summed E-state index contributed by atoms with van der Waals surface area (Å²) in [5, 5.41) is 3.67. The minimum absolute atomic E-state index is 0.0556. The summed E-state index contributed by atoms with van der Waals surface area (Å²) < 4.78 is 18.0. The lowest BCUT2D eigenvalue weighted by Gasteiger charge is -2.41. The predicted molar refractivity (Wildman–Crippen MR) is 114 cm³/mol. The highest BCUT2D eigenvalue weighted by atomic mass is 35.5. The van der Waals surface area contributed by atoms with E-state index in [-0.39, 0.29) is 43.2 Å². The van der Waals surface area contributed by atoms with E-state index in [2.05, 4.69) is 11.4 Å². The molecule has 3 atom stereocenters. The number of rotatable bonds is 0. The first-order valence-corrected chi connectivity index (χ1v) is 11.6. The Kier molecular flexibility index (Phi) is 5.61. The molecule has 2 bridgehead atoms.